The monoisotopic (exact) mass is 308 g/mol. The van der Waals surface area contributed by atoms with Crippen LogP contribution in [-0.2, 0) is 9.53 Å². The number of morpholine rings is 1. The van der Waals surface area contributed by atoms with Gasteiger partial charge in [0.1, 0.15) is 0 Å². The maximum Gasteiger partial charge on any atom is 0.246 e. The van der Waals surface area contributed by atoms with Crippen molar-refractivity contribution in [2.24, 2.45) is 5.41 Å². The number of rotatable bonds is 3. The Bertz CT molecular complexity index is 434. The van der Waals surface area contributed by atoms with Gasteiger partial charge in [-0.05, 0) is 31.1 Å². The van der Waals surface area contributed by atoms with Gasteiger partial charge in [0.15, 0.2) is 0 Å². The second kappa shape index (κ2) is 6.69. The molecule has 0 unspecified atom stereocenters. The fourth-order valence-corrected chi connectivity index (χ4v) is 4.25. The summed E-state index contributed by atoms with van der Waals surface area (Å²) in [6.07, 6.45) is 7.14. The van der Waals surface area contributed by atoms with E-state index in [1.807, 2.05) is 11.0 Å². The van der Waals surface area contributed by atoms with Gasteiger partial charge in [0.2, 0.25) is 5.91 Å². The predicted octanol–water partition coefficient (Wildman–Crippen LogP) is 1.03. The molecule has 0 aromatic heterocycles. The average molecular weight is 308 g/mol. The first-order chi connectivity index (χ1) is 10.6. The van der Waals surface area contributed by atoms with Gasteiger partial charge in [-0.3, -0.25) is 9.69 Å². The summed E-state index contributed by atoms with van der Waals surface area (Å²) in [6.45, 7) is 7.35. The van der Waals surface area contributed by atoms with E-state index in [1.165, 1.54) is 0 Å². The second-order valence-electron chi connectivity index (χ2n) is 7.20. The van der Waals surface area contributed by atoms with Crippen molar-refractivity contribution in [3.8, 4) is 0 Å². The number of fused-ring (bicyclic) bond motifs is 1. The first-order valence-electron chi connectivity index (χ1n) is 8.54. The van der Waals surface area contributed by atoms with E-state index in [9.17, 15) is 9.90 Å². The number of amides is 1. The summed E-state index contributed by atoms with van der Waals surface area (Å²) < 4.78 is 5.33. The quantitative estimate of drug-likeness (QED) is 0.791. The zero-order valence-corrected chi connectivity index (χ0v) is 13.5. The van der Waals surface area contributed by atoms with E-state index in [2.05, 4.69) is 11.8 Å². The van der Waals surface area contributed by atoms with Crippen molar-refractivity contribution in [1.82, 2.24) is 9.80 Å². The zero-order chi connectivity index (χ0) is 15.6. The van der Waals surface area contributed by atoms with Crippen molar-refractivity contribution >= 4 is 5.91 Å². The predicted molar refractivity (Wildman–Crippen MR) is 84.5 cm³/mol. The molecule has 5 heteroatoms. The zero-order valence-electron chi connectivity index (χ0n) is 13.5. The fraction of sp³-hybridized carbons (Fsp3) is 0.824. The number of likely N-dealkylation sites (tertiary alicyclic amines) is 1. The molecule has 1 N–H and O–H groups in total. The minimum absolute atomic E-state index is 0.103. The Morgan fingerprint density at radius 3 is 2.86 bits per heavy atom. The highest BCUT2D eigenvalue weighted by atomic mass is 16.5. The Kier molecular flexibility index (Phi) is 4.85. The van der Waals surface area contributed by atoms with Crippen molar-refractivity contribution in [2.45, 2.75) is 44.8 Å². The normalized spacial score (nSPS) is 36.7. The van der Waals surface area contributed by atoms with Crippen molar-refractivity contribution in [3.63, 3.8) is 0 Å². The van der Waals surface area contributed by atoms with E-state index in [-0.39, 0.29) is 17.4 Å². The minimum Gasteiger partial charge on any atom is -0.393 e. The molecule has 0 radical (unpaired) electrons. The highest BCUT2D eigenvalue weighted by Crippen LogP contribution is 2.46. The van der Waals surface area contributed by atoms with E-state index in [0.717, 1.165) is 65.1 Å². The number of aliphatic hydroxyl groups excluding tert-OH is 1. The number of aliphatic hydroxyl groups is 1. The third-order valence-electron chi connectivity index (χ3n) is 5.59. The Labute approximate surface area is 132 Å². The number of carbonyl (C=O) groups excluding carboxylic acids is 1. The molecule has 0 spiro atoms. The molecule has 2 heterocycles. The standard InChI is InChI=1S/C17H28N2O3/c1-17-6-8-19(15(17)5-4-14(20)13-17)16(21)3-2-7-18-9-11-22-12-10-18/h2-3,14-15,20H,4-13H2,1H3/b3-2+/t14-,15-,17+/m1/s1. The number of hydrogen-bond donors (Lipinski definition) is 1. The maximum absolute atomic E-state index is 12.5. The highest BCUT2D eigenvalue weighted by molar-refractivity contribution is 5.88. The van der Waals surface area contributed by atoms with Crippen LogP contribution >= 0.6 is 0 Å². The van der Waals surface area contributed by atoms with E-state index in [0.29, 0.717) is 6.04 Å². The summed E-state index contributed by atoms with van der Waals surface area (Å²) in [5, 5.41) is 9.90. The van der Waals surface area contributed by atoms with Crippen LogP contribution in [0.4, 0.5) is 0 Å². The summed E-state index contributed by atoms with van der Waals surface area (Å²) in [4.78, 5) is 16.8. The molecule has 1 saturated carbocycles. The highest BCUT2D eigenvalue weighted by Gasteiger charge is 2.48. The molecule has 2 saturated heterocycles. The van der Waals surface area contributed by atoms with Gasteiger partial charge in [-0.2, -0.15) is 0 Å². The lowest BCUT2D eigenvalue weighted by atomic mass is 9.71. The van der Waals surface area contributed by atoms with Gasteiger partial charge in [0.05, 0.1) is 19.3 Å². The Morgan fingerprint density at radius 2 is 2.09 bits per heavy atom. The molecule has 5 nitrogen and oxygen atoms in total. The van der Waals surface area contributed by atoms with Crippen molar-refractivity contribution in [1.29, 1.82) is 0 Å². The van der Waals surface area contributed by atoms with Gasteiger partial charge in [0, 0.05) is 38.3 Å². The number of hydrogen-bond acceptors (Lipinski definition) is 4. The van der Waals surface area contributed by atoms with Crippen LogP contribution in [0.25, 0.3) is 0 Å². The Morgan fingerprint density at radius 1 is 1.32 bits per heavy atom. The van der Waals surface area contributed by atoms with E-state index < -0.39 is 0 Å². The molecule has 3 fully saturated rings. The van der Waals surface area contributed by atoms with Crippen LogP contribution in [-0.4, -0.2) is 72.4 Å². The van der Waals surface area contributed by atoms with Crippen molar-refractivity contribution in [2.75, 3.05) is 39.4 Å². The van der Waals surface area contributed by atoms with Gasteiger partial charge in [-0.25, -0.2) is 0 Å². The van der Waals surface area contributed by atoms with Crippen LogP contribution < -0.4 is 0 Å². The molecule has 0 aromatic carbocycles. The molecule has 0 aromatic rings. The van der Waals surface area contributed by atoms with Crippen LogP contribution in [0, 0.1) is 5.41 Å². The lowest BCUT2D eigenvalue weighted by Gasteiger charge is -2.41. The smallest absolute Gasteiger partial charge is 0.246 e. The first kappa shape index (κ1) is 16.0. The molecular weight excluding hydrogens is 280 g/mol. The summed E-state index contributed by atoms with van der Waals surface area (Å²) in [6, 6.07) is 0.302. The molecule has 3 atom stereocenters. The van der Waals surface area contributed by atoms with Crippen LogP contribution in [0.3, 0.4) is 0 Å². The second-order valence-corrected chi connectivity index (χ2v) is 7.20. The summed E-state index contributed by atoms with van der Waals surface area (Å²) in [7, 11) is 0. The van der Waals surface area contributed by atoms with Gasteiger partial charge in [-0.15, -0.1) is 0 Å². The molecule has 124 valence electrons. The van der Waals surface area contributed by atoms with Crippen LogP contribution in [0.2, 0.25) is 0 Å². The average Bonchev–Trinajstić information content (AvgIpc) is 2.84. The topological polar surface area (TPSA) is 53.0 Å². The van der Waals surface area contributed by atoms with Crippen LogP contribution in [0.1, 0.15) is 32.6 Å². The van der Waals surface area contributed by atoms with Gasteiger partial charge >= 0.3 is 0 Å². The molecule has 2 aliphatic heterocycles. The van der Waals surface area contributed by atoms with Crippen LogP contribution in [0.15, 0.2) is 12.2 Å². The first-order valence-corrected chi connectivity index (χ1v) is 8.54. The number of carbonyl (C=O) groups is 1. The molecule has 1 amide bonds. The molecule has 3 rings (SSSR count). The number of nitrogens with zero attached hydrogens (tertiary/aromatic N) is 2. The number of ether oxygens (including phenoxy) is 1. The third-order valence-corrected chi connectivity index (χ3v) is 5.59. The van der Waals surface area contributed by atoms with E-state index in [4.69, 9.17) is 4.74 Å². The largest absolute Gasteiger partial charge is 0.393 e. The Hall–Kier alpha value is -0.910. The van der Waals surface area contributed by atoms with Crippen molar-refractivity contribution in [3.05, 3.63) is 12.2 Å². The molecule has 1 aliphatic carbocycles. The fourth-order valence-electron chi connectivity index (χ4n) is 4.25. The molecule has 3 aliphatic rings. The molecule has 22 heavy (non-hydrogen) atoms. The van der Waals surface area contributed by atoms with E-state index >= 15 is 0 Å². The SMILES string of the molecule is C[C@@]12CCN(C(=O)/C=C/CN3CCOCC3)[C@@H]1CC[C@@H](O)C2. The Balaban J connectivity index is 1.54. The van der Waals surface area contributed by atoms with E-state index in [1.54, 1.807) is 6.08 Å². The van der Waals surface area contributed by atoms with Crippen LogP contribution in [0.5, 0.6) is 0 Å². The maximum atomic E-state index is 12.5. The minimum atomic E-state index is -0.187. The lowest BCUT2D eigenvalue weighted by Crippen LogP contribution is -2.45. The van der Waals surface area contributed by atoms with Gasteiger partial charge < -0.3 is 14.7 Å². The summed E-state index contributed by atoms with van der Waals surface area (Å²) in [5.41, 5.74) is 0.103. The summed E-state index contributed by atoms with van der Waals surface area (Å²) in [5.74, 6) is 0.137. The van der Waals surface area contributed by atoms with Crippen molar-refractivity contribution < 1.29 is 14.6 Å². The molecule has 0 bridgehead atoms. The third kappa shape index (κ3) is 3.36. The van der Waals surface area contributed by atoms with Gasteiger partial charge in [0.25, 0.3) is 0 Å². The summed E-state index contributed by atoms with van der Waals surface area (Å²) >= 11 is 0. The molecular formula is C17H28N2O3. The lowest BCUT2D eigenvalue weighted by molar-refractivity contribution is -0.129. The van der Waals surface area contributed by atoms with Gasteiger partial charge in [-0.1, -0.05) is 13.0 Å².